The Morgan fingerprint density at radius 1 is 1.38 bits per heavy atom. The average molecular weight is 291 g/mol. The largest absolute Gasteiger partial charge is 0.363 e. The van der Waals surface area contributed by atoms with Crippen LogP contribution in [0.5, 0.6) is 0 Å². The molecule has 21 heavy (non-hydrogen) atoms. The number of hydrogen-bond donors (Lipinski definition) is 2. The normalized spacial score (nSPS) is 22.3. The highest BCUT2D eigenvalue weighted by atomic mass is 16.5. The number of morpholine rings is 1. The highest BCUT2D eigenvalue weighted by Crippen LogP contribution is 2.14. The van der Waals surface area contributed by atoms with Crippen LogP contribution in [-0.4, -0.2) is 50.2 Å². The molecule has 1 heterocycles. The van der Waals surface area contributed by atoms with Gasteiger partial charge in [-0.2, -0.15) is 0 Å². The van der Waals surface area contributed by atoms with Gasteiger partial charge in [-0.25, -0.2) is 0 Å². The first-order valence-electron chi connectivity index (χ1n) is 7.36. The van der Waals surface area contributed by atoms with Crippen molar-refractivity contribution < 1.29 is 9.53 Å². The summed E-state index contributed by atoms with van der Waals surface area (Å²) in [4.78, 5) is 14.5. The van der Waals surface area contributed by atoms with Gasteiger partial charge in [0.25, 0.3) is 5.91 Å². The molecule has 116 valence electrons. The first-order chi connectivity index (χ1) is 10.0. The van der Waals surface area contributed by atoms with Crippen molar-refractivity contribution in [3.8, 4) is 0 Å². The monoisotopic (exact) mass is 291 g/mol. The molecule has 1 fully saturated rings. The molecule has 1 aromatic rings. The second-order valence-corrected chi connectivity index (χ2v) is 5.95. The van der Waals surface area contributed by atoms with Crippen LogP contribution in [0.1, 0.15) is 18.1 Å². The third-order valence-electron chi connectivity index (χ3n) is 3.69. The molecular weight excluding hydrogens is 266 g/mol. The van der Waals surface area contributed by atoms with Crippen molar-refractivity contribution in [1.82, 2.24) is 15.5 Å². The zero-order valence-corrected chi connectivity index (χ0v) is 13.1. The topological polar surface area (TPSA) is 53.6 Å². The van der Waals surface area contributed by atoms with Crippen LogP contribution in [0.3, 0.4) is 0 Å². The van der Waals surface area contributed by atoms with E-state index in [1.807, 2.05) is 33.2 Å². The van der Waals surface area contributed by atoms with Crippen LogP contribution in [0, 0.1) is 0 Å². The molecule has 0 saturated carbocycles. The molecule has 0 spiro atoms. The Kier molecular flexibility index (Phi) is 5.33. The highest BCUT2D eigenvalue weighted by molar-refractivity contribution is 5.85. The van der Waals surface area contributed by atoms with Gasteiger partial charge in [0.2, 0.25) is 0 Å². The molecule has 2 N–H and O–H groups in total. The van der Waals surface area contributed by atoms with E-state index in [0.29, 0.717) is 19.7 Å². The van der Waals surface area contributed by atoms with Crippen molar-refractivity contribution in [2.24, 2.45) is 0 Å². The Hall–Kier alpha value is -1.43. The predicted molar refractivity (Wildman–Crippen MR) is 82.9 cm³/mol. The molecule has 5 nitrogen and oxygen atoms in total. The third kappa shape index (κ3) is 4.27. The van der Waals surface area contributed by atoms with Crippen molar-refractivity contribution in [2.45, 2.75) is 25.6 Å². The van der Waals surface area contributed by atoms with Crippen LogP contribution in [0.15, 0.2) is 24.3 Å². The molecule has 0 unspecified atom stereocenters. The van der Waals surface area contributed by atoms with Gasteiger partial charge in [0.05, 0.1) is 6.61 Å². The fourth-order valence-corrected chi connectivity index (χ4v) is 2.46. The summed E-state index contributed by atoms with van der Waals surface area (Å²) in [5.41, 5.74) is 1.61. The molecule has 2 rings (SSSR count). The average Bonchev–Trinajstić information content (AvgIpc) is 2.46. The molecule has 1 amide bonds. The van der Waals surface area contributed by atoms with Gasteiger partial charge < -0.3 is 20.3 Å². The molecule has 0 aromatic heterocycles. The quantitative estimate of drug-likeness (QED) is 0.840. The molecule has 1 aliphatic rings. The maximum atomic E-state index is 12.3. The van der Waals surface area contributed by atoms with Gasteiger partial charge >= 0.3 is 0 Å². The van der Waals surface area contributed by atoms with E-state index in [0.717, 1.165) is 18.7 Å². The van der Waals surface area contributed by atoms with E-state index in [2.05, 4.69) is 27.7 Å². The van der Waals surface area contributed by atoms with Gasteiger partial charge in [0.1, 0.15) is 0 Å². The lowest BCUT2D eigenvalue weighted by atomic mass is 10.0. The summed E-state index contributed by atoms with van der Waals surface area (Å²) in [5, 5.41) is 6.20. The summed E-state index contributed by atoms with van der Waals surface area (Å²) in [7, 11) is 4.08. The zero-order valence-electron chi connectivity index (χ0n) is 13.1. The lowest BCUT2D eigenvalue weighted by Gasteiger charge is -2.33. The molecule has 1 saturated heterocycles. The maximum Gasteiger partial charge on any atom is 0.253 e. The van der Waals surface area contributed by atoms with Gasteiger partial charge in [-0.1, -0.05) is 24.3 Å². The van der Waals surface area contributed by atoms with Crippen LogP contribution < -0.4 is 10.6 Å². The maximum absolute atomic E-state index is 12.3. The minimum Gasteiger partial charge on any atom is -0.363 e. The Labute approximate surface area is 126 Å². The Bertz CT molecular complexity index is 482. The van der Waals surface area contributed by atoms with Gasteiger partial charge in [-0.15, -0.1) is 0 Å². The van der Waals surface area contributed by atoms with Crippen molar-refractivity contribution >= 4 is 5.91 Å². The van der Waals surface area contributed by atoms with Gasteiger partial charge in [0, 0.05) is 26.2 Å². The molecule has 1 atom stereocenters. The second-order valence-electron chi connectivity index (χ2n) is 5.95. The first-order valence-corrected chi connectivity index (χ1v) is 7.36. The van der Waals surface area contributed by atoms with Gasteiger partial charge in [-0.3, -0.25) is 4.79 Å². The second kappa shape index (κ2) is 7.02. The van der Waals surface area contributed by atoms with E-state index in [1.165, 1.54) is 5.56 Å². The predicted octanol–water partition coefficient (Wildman–Crippen LogP) is 0.743. The molecule has 1 aromatic carbocycles. The van der Waals surface area contributed by atoms with Crippen molar-refractivity contribution in [1.29, 1.82) is 0 Å². The fraction of sp³-hybridized carbons (Fsp3) is 0.562. The third-order valence-corrected chi connectivity index (χ3v) is 3.69. The lowest BCUT2D eigenvalue weighted by molar-refractivity contribution is -0.148. The van der Waals surface area contributed by atoms with Crippen LogP contribution in [-0.2, 0) is 22.6 Å². The van der Waals surface area contributed by atoms with Crippen molar-refractivity contribution in [3.05, 3.63) is 35.4 Å². The van der Waals surface area contributed by atoms with Crippen LogP contribution >= 0.6 is 0 Å². The van der Waals surface area contributed by atoms with E-state index in [-0.39, 0.29) is 5.91 Å². The number of nitrogens with one attached hydrogen (secondary N) is 2. The number of nitrogens with zero attached hydrogens (tertiary/aromatic N) is 1. The van der Waals surface area contributed by atoms with E-state index in [9.17, 15) is 4.79 Å². The number of carbonyl (C=O) groups excluding carboxylic acids is 1. The van der Waals surface area contributed by atoms with Crippen molar-refractivity contribution in [3.63, 3.8) is 0 Å². The molecular formula is C16H25N3O2. The molecule has 1 aliphatic heterocycles. The number of amides is 1. The number of benzene rings is 1. The number of carbonyl (C=O) groups is 1. The Balaban J connectivity index is 1.98. The number of ether oxygens (including phenoxy) is 1. The standard InChI is InChI=1S/C16H25N3O2/c1-16(12-17-8-9-21-16)15(20)18-10-13-6-4-5-7-14(13)11-19(2)3/h4-7,17H,8-12H2,1-3H3,(H,18,20)/t16-/m0/s1. The van der Waals surface area contributed by atoms with Crippen LogP contribution in [0.25, 0.3) is 0 Å². The summed E-state index contributed by atoms with van der Waals surface area (Å²) in [6.07, 6.45) is 0. The molecule has 0 radical (unpaired) electrons. The molecule has 0 aliphatic carbocycles. The number of hydrogen-bond acceptors (Lipinski definition) is 4. The van der Waals surface area contributed by atoms with Crippen LogP contribution in [0.2, 0.25) is 0 Å². The van der Waals surface area contributed by atoms with E-state index in [4.69, 9.17) is 4.74 Å². The molecule has 5 heteroatoms. The summed E-state index contributed by atoms with van der Waals surface area (Å²) >= 11 is 0. The Morgan fingerprint density at radius 2 is 2.10 bits per heavy atom. The fourth-order valence-electron chi connectivity index (χ4n) is 2.46. The van der Waals surface area contributed by atoms with E-state index >= 15 is 0 Å². The number of rotatable bonds is 5. The highest BCUT2D eigenvalue weighted by Gasteiger charge is 2.35. The van der Waals surface area contributed by atoms with Gasteiger partial charge in [-0.05, 0) is 32.1 Å². The van der Waals surface area contributed by atoms with E-state index < -0.39 is 5.60 Å². The van der Waals surface area contributed by atoms with Gasteiger partial charge in [0.15, 0.2) is 5.60 Å². The lowest BCUT2D eigenvalue weighted by Crippen LogP contribution is -2.56. The zero-order chi connectivity index (χ0) is 15.3. The van der Waals surface area contributed by atoms with E-state index in [1.54, 1.807) is 0 Å². The minimum atomic E-state index is -0.769. The molecule has 0 bridgehead atoms. The summed E-state index contributed by atoms with van der Waals surface area (Å²) in [6, 6.07) is 8.18. The summed E-state index contributed by atoms with van der Waals surface area (Å²) in [5.74, 6) is -0.0608. The summed E-state index contributed by atoms with van der Waals surface area (Å²) in [6.45, 7) is 5.15. The Morgan fingerprint density at radius 3 is 2.71 bits per heavy atom. The first kappa shape index (κ1) is 15.9. The smallest absolute Gasteiger partial charge is 0.253 e. The SMILES string of the molecule is CN(C)Cc1ccccc1CNC(=O)[C@]1(C)CNCCO1. The summed E-state index contributed by atoms with van der Waals surface area (Å²) < 4.78 is 5.63. The minimum absolute atomic E-state index is 0.0608. The van der Waals surface area contributed by atoms with Crippen molar-refractivity contribution in [2.75, 3.05) is 33.8 Å². The van der Waals surface area contributed by atoms with Crippen LogP contribution in [0.4, 0.5) is 0 Å².